The molecule has 0 aliphatic carbocycles. The van der Waals surface area contributed by atoms with E-state index in [0.29, 0.717) is 6.04 Å². The molecule has 3 heterocycles. The molecule has 0 unspecified atom stereocenters. The molecule has 1 N–H and O–H groups in total. The Balaban J connectivity index is 1.61. The molecule has 0 saturated heterocycles. The lowest BCUT2D eigenvalue weighted by Crippen LogP contribution is -2.30. The number of aromatic amines is 1. The van der Waals surface area contributed by atoms with Crippen LogP contribution in [0.3, 0.4) is 0 Å². The van der Waals surface area contributed by atoms with Gasteiger partial charge in [-0.2, -0.15) is 5.10 Å². The van der Waals surface area contributed by atoms with Gasteiger partial charge in [-0.25, -0.2) is 0 Å². The zero-order valence-electron chi connectivity index (χ0n) is 13.8. The molecule has 23 heavy (non-hydrogen) atoms. The summed E-state index contributed by atoms with van der Waals surface area (Å²) in [5.41, 5.74) is 3.28. The van der Waals surface area contributed by atoms with Crippen molar-refractivity contribution in [3.05, 3.63) is 59.7 Å². The number of aromatic nitrogens is 3. The quantitative estimate of drug-likeness (QED) is 0.758. The number of aryl methyl sites for hydroxylation is 1. The highest BCUT2D eigenvalue weighted by atomic mass is 16.3. The first-order chi connectivity index (χ1) is 11.1. The number of likely N-dealkylation sites (N-methyl/N-ethyl adjacent to an activating group) is 1. The van der Waals surface area contributed by atoms with Gasteiger partial charge in [-0.1, -0.05) is 0 Å². The van der Waals surface area contributed by atoms with E-state index in [-0.39, 0.29) is 0 Å². The standard InChI is InChI=1S/C18H22N4O/c1-13-6-8-19-15(10-13)11-14(2)22(3)12-16-4-5-18(23-16)17-7-9-20-21-17/h4-10,14H,11-12H2,1-3H3,(H,20,21)/t14-/m1/s1. The fraction of sp³-hybridized carbons (Fsp3) is 0.333. The highest BCUT2D eigenvalue weighted by Crippen LogP contribution is 2.21. The predicted molar refractivity (Wildman–Crippen MR) is 89.9 cm³/mol. The van der Waals surface area contributed by atoms with Crippen molar-refractivity contribution in [1.82, 2.24) is 20.1 Å². The Morgan fingerprint density at radius 2 is 2.09 bits per heavy atom. The minimum atomic E-state index is 0.380. The summed E-state index contributed by atoms with van der Waals surface area (Å²) in [6.07, 6.45) is 4.52. The average Bonchev–Trinajstić information content (AvgIpc) is 3.17. The van der Waals surface area contributed by atoms with Crippen molar-refractivity contribution in [3.63, 3.8) is 0 Å². The number of nitrogens with zero attached hydrogens (tertiary/aromatic N) is 3. The summed E-state index contributed by atoms with van der Waals surface area (Å²) in [5, 5.41) is 6.86. The molecule has 3 aromatic rings. The van der Waals surface area contributed by atoms with Crippen LogP contribution in [0.1, 0.15) is 23.9 Å². The summed E-state index contributed by atoms with van der Waals surface area (Å²) >= 11 is 0. The number of H-pyrrole nitrogens is 1. The van der Waals surface area contributed by atoms with Crippen molar-refractivity contribution in [2.24, 2.45) is 0 Å². The van der Waals surface area contributed by atoms with E-state index in [0.717, 1.165) is 35.9 Å². The van der Waals surface area contributed by atoms with E-state index >= 15 is 0 Å². The lowest BCUT2D eigenvalue weighted by atomic mass is 10.1. The van der Waals surface area contributed by atoms with E-state index in [1.165, 1.54) is 5.56 Å². The molecule has 3 aromatic heterocycles. The van der Waals surface area contributed by atoms with Gasteiger partial charge < -0.3 is 4.42 Å². The van der Waals surface area contributed by atoms with E-state index in [1.54, 1.807) is 6.20 Å². The minimum Gasteiger partial charge on any atom is -0.458 e. The Kier molecular flexibility index (Phi) is 4.57. The molecule has 1 atom stereocenters. The van der Waals surface area contributed by atoms with Crippen LogP contribution in [0.5, 0.6) is 0 Å². The third-order valence-corrected chi connectivity index (χ3v) is 4.06. The van der Waals surface area contributed by atoms with Crippen molar-refractivity contribution >= 4 is 0 Å². The molecule has 120 valence electrons. The normalized spacial score (nSPS) is 12.7. The van der Waals surface area contributed by atoms with Crippen molar-refractivity contribution in [1.29, 1.82) is 0 Å². The molecule has 0 fully saturated rings. The molecule has 3 rings (SSSR count). The van der Waals surface area contributed by atoms with E-state index < -0.39 is 0 Å². The van der Waals surface area contributed by atoms with Crippen molar-refractivity contribution in [3.8, 4) is 11.5 Å². The molecule has 0 bridgehead atoms. The first-order valence-electron chi connectivity index (χ1n) is 7.82. The Labute approximate surface area is 136 Å². The number of nitrogens with one attached hydrogen (secondary N) is 1. The summed E-state index contributed by atoms with van der Waals surface area (Å²) in [5.74, 6) is 1.76. The topological polar surface area (TPSA) is 58.0 Å². The van der Waals surface area contributed by atoms with Gasteiger partial charge in [0.15, 0.2) is 5.76 Å². The lowest BCUT2D eigenvalue weighted by Gasteiger charge is -2.23. The smallest absolute Gasteiger partial charge is 0.152 e. The van der Waals surface area contributed by atoms with Gasteiger partial charge in [-0.3, -0.25) is 15.0 Å². The number of furan rings is 1. The second kappa shape index (κ2) is 6.79. The van der Waals surface area contributed by atoms with Crippen LogP contribution < -0.4 is 0 Å². The number of hydrogen-bond acceptors (Lipinski definition) is 4. The molecule has 0 spiro atoms. The fourth-order valence-electron chi connectivity index (χ4n) is 2.57. The maximum absolute atomic E-state index is 5.89. The largest absolute Gasteiger partial charge is 0.458 e. The highest BCUT2D eigenvalue weighted by Gasteiger charge is 2.14. The molecule has 0 aromatic carbocycles. The Hall–Kier alpha value is -2.40. The zero-order chi connectivity index (χ0) is 16.2. The predicted octanol–water partition coefficient (Wildman–Crippen LogP) is 3.44. The monoisotopic (exact) mass is 310 g/mol. The molecule has 0 radical (unpaired) electrons. The van der Waals surface area contributed by atoms with Crippen LogP contribution in [-0.2, 0) is 13.0 Å². The number of pyridine rings is 1. The van der Waals surface area contributed by atoms with E-state index in [2.05, 4.69) is 47.0 Å². The first kappa shape index (κ1) is 15.5. The SMILES string of the molecule is Cc1ccnc(C[C@@H](C)N(C)Cc2ccc(-c3ccn[nH]3)o2)c1. The maximum Gasteiger partial charge on any atom is 0.152 e. The third kappa shape index (κ3) is 3.87. The van der Waals surface area contributed by atoms with Gasteiger partial charge in [0.1, 0.15) is 11.5 Å². The maximum atomic E-state index is 5.89. The Morgan fingerprint density at radius 3 is 2.83 bits per heavy atom. The minimum absolute atomic E-state index is 0.380. The van der Waals surface area contributed by atoms with Crippen LogP contribution in [0.25, 0.3) is 11.5 Å². The summed E-state index contributed by atoms with van der Waals surface area (Å²) < 4.78 is 5.89. The average molecular weight is 310 g/mol. The van der Waals surface area contributed by atoms with Crippen LogP contribution in [0.2, 0.25) is 0 Å². The molecule has 5 heteroatoms. The molecule has 0 aliphatic rings. The summed E-state index contributed by atoms with van der Waals surface area (Å²) in [7, 11) is 2.11. The van der Waals surface area contributed by atoms with Gasteiger partial charge in [0.2, 0.25) is 0 Å². The molecule has 0 amide bonds. The molecule has 5 nitrogen and oxygen atoms in total. The van der Waals surface area contributed by atoms with Crippen LogP contribution in [-0.4, -0.2) is 33.2 Å². The van der Waals surface area contributed by atoms with Crippen molar-refractivity contribution < 1.29 is 4.42 Å². The van der Waals surface area contributed by atoms with E-state index in [4.69, 9.17) is 4.42 Å². The second-order valence-corrected chi connectivity index (χ2v) is 6.03. The van der Waals surface area contributed by atoms with E-state index in [1.807, 2.05) is 30.5 Å². The van der Waals surface area contributed by atoms with Gasteiger partial charge >= 0.3 is 0 Å². The van der Waals surface area contributed by atoms with Gasteiger partial charge in [0.25, 0.3) is 0 Å². The summed E-state index contributed by atoms with van der Waals surface area (Å²) in [6, 6.07) is 10.4. The first-order valence-corrected chi connectivity index (χ1v) is 7.82. The summed E-state index contributed by atoms with van der Waals surface area (Å²) in [6.45, 7) is 5.07. The van der Waals surface area contributed by atoms with Crippen LogP contribution in [0.4, 0.5) is 0 Å². The second-order valence-electron chi connectivity index (χ2n) is 6.03. The van der Waals surface area contributed by atoms with Crippen LogP contribution in [0, 0.1) is 6.92 Å². The van der Waals surface area contributed by atoms with Gasteiger partial charge in [-0.05, 0) is 56.8 Å². The van der Waals surface area contributed by atoms with Crippen LogP contribution >= 0.6 is 0 Å². The molecular formula is C18H22N4O. The fourth-order valence-corrected chi connectivity index (χ4v) is 2.57. The third-order valence-electron chi connectivity index (χ3n) is 4.06. The van der Waals surface area contributed by atoms with E-state index in [9.17, 15) is 0 Å². The number of rotatable bonds is 6. The van der Waals surface area contributed by atoms with Gasteiger partial charge in [0, 0.05) is 30.6 Å². The Morgan fingerprint density at radius 1 is 1.22 bits per heavy atom. The van der Waals surface area contributed by atoms with Gasteiger partial charge in [-0.15, -0.1) is 0 Å². The molecular weight excluding hydrogens is 288 g/mol. The summed E-state index contributed by atoms with van der Waals surface area (Å²) in [4.78, 5) is 6.72. The lowest BCUT2D eigenvalue weighted by molar-refractivity contribution is 0.228. The zero-order valence-corrected chi connectivity index (χ0v) is 13.8. The van der Waals surface area contributed by atoms with Crippen molar-refractivity contribution in [2.45, 2.75) is 32.9 Å². The molecule has 0 saturated carbocycles. The highest BCUT2D eigenvalue weighted by molar-refractivity contribution is 5.51. The van der Waals surface area contributed by atoms with Crippen molar-refractivity contribution in [2.75, 3.05) is 7.05 Å². The van der Waals surface area contributed by atoms with Crippen LogP contribution in [0.15, 0.2) is 47.1 Å². The number of hydrogen-bond donors (Lipinski definition) is 1. The molecule has 0 aliphatic heterocycles. The van der Waals surface area contributed by atoms with Gasteiger partial charge in [0.05, 0.1) is 6.54 Å². The Bertz CT molecular complexity index is 748.